The highest BCUT2D eigenvalue weighted by Crippen LogP contribution is 2.40. The maximum Gasteiger partial charge on any atom is 0.336 e. The van der Waals surface area contributed by atoms with Gasteiger partial charge in [0.15, 0.2) is 0 Å². The summed E-state index contributed by atoms with van der Waals surface area (Å²) in [6.45, 7) is 5.28. The van der Waals surface area contributed by atoms with Crippen molar-refractivity contribution < 1.29 is 9.90 Å². The number of carbonyl (C=O) groups is 1. The van der Waals surface area contributed by atoms with E-state index in [9.17, 15) is 9.90 Å². The monoisotopic (exact) mass is 333 g/mol. The number of para-hydroxylation sites is 1. The van der Waals surface area contributed by atoms with E-state index in [1.54, 1.807) is 12.1 Å². The molecule has 3 heteroatoms. The van der Waals surface area contributed by atoms with Crippen LogP contribution in [0.25, 0.3) is 10.9 Å². The fourth-order valence-electron chi connectivity index (χ4n) is 4.15. The van der Waals surface area contributed by atoms with E-state index in [0.717, 1.165) is 24.8 Å². The second kappa shape index (κ2) is 5.76. The second-order valence-corrected chi connectivity index (χ2v) is 7.83. The SMILES string of the molecule is CC1(C)CCc2c(c3ccccc3n2Cc2ccccc2C(=O)O)C1. The van der Waals surface area contributed by atoms with Crippen LogP contribution in [0, 0.1) is 5.41 Å². The molecule has 1 aliphatic rings. The first-order valence-corrected chi connectivity index (χ1v) is 8.86. The first kappa shape index (κ1) is 15.9. The molecular formula is C22H23NO2. The van der Waals surface area contributed by atoms with Crippen molar-refractivity contribution in [2.45, 2.75) is 39.7 Å². The van der Waals surface area contributed by atoms with E-state index in [0.29, 0.717) is 17.5 Å². The normalized spacial score (nSPS) is 15.9. The van der Waals surface area contributed by atoms with Gasteiger partial charge in [-0.3, -0.25) is 0 Å². The van der Waals surface area contributed by atoms with Crippen molar-refractivity contribution in [1.29, 1.82) is 0 Å². The van der Waals surface area contributed by atoms with Gasteiger partial charge in [-0.1, -0.05) is 50.2 Å². The van der Waals surface area contributed by atoms with Gasteiger partial charge in [0.05, 0.1) is 5.56 Å². The summed E-state index contributed by atoms with van der Waals surface area (Å²) in [5, 5.41) is 10.8. The zero-order valence-electron chi connectivity index (χ0n) is 14.7. The Hall–Kier alpha value is -2.55. The minimum absolute atomic E-state index is 0.320. The minimum atomic E-state index is -0.859. The predicted molar refractivity (Wildman–Crippen MR) is 100 cm³/mol. The lowest BCUT2D eigenvalue weighted by atomic mass is 9.76. The van der Waals surface area contributed by atoms with Crippen LogP contribution in [0.1, 0.15) is 47.4 Å². The van der Waals surface area contributed by atoms with Gasteiger partial charge in [-0.25, -0.2) is 4.79 Å². The maximum atomic E-state index is 11.6. The lowest BCUT2D eigenvalue weighted by Gasteiger charge is -2.30. The second-order valence-electron chi connectivity index (χ2n) is 7.83. The van der Waals surface area contributed by atoms with Crippen LogP contribution in [0.3, 0.4) is 0 Å². The van der Waals surface area contributed by atoms with Crippen LogP contribution in [0.4, 0.5) is 0 Å². The van der Waals surface area contributed by atoms with Crippen molar-refractivity contribution >= 4 is 16.9 Å². The summed E-state index contributed by atoms with van der Waals surface area (Å²) in [6.07, 6.45) is 3.29. The van der Waals surface area contributed by atoms with Gasteiger partial charge in [0.1, 0.15) is 0 Å². The van der Waals surface area contributed by atoms with Crippen LogP contribution < -0.4 is 0 Å². The van der Waals surface area contributed by atoms with Crippen molar-refractivity contribution in [3.63, 3.8) is 0 Å². The molecule has 3 aromatic rings. The average molecular weight is 333 g/mol. The van der Waals surface area contributed by atoms with Crippen molar-refractivity contribution in [3.05, 3.63) is 70.9 Å². The Morgan fingerprint density at radius 2 is 1.84 bits per heavy atom. The zero-order chi connectivity index (χ0) is 17.6. The summed E-state index contributed by atoms with van der Waals surface area (Å²) in [4.78, 5) is 11.6. The van der Waals surface area contributed by atoms with Gasteiger partial charge in [-0.2, -0.15) is 0 Å². The van der Waals surface area contributed by atoms with Crippen LogP contribution in [0.5, 0.6) is 0 Å². The Bertz CT molecular complexity index is 965. The lowest BCUT2D eigenvalue weighted by molar-refractivity contribution is 0.0695. The van der Waals surface area contributed by atoms with Gasteiger partial charge in [0.25, 0.3) is 0 Å². The Labute approximate surface area is 147 Å². The van der Waals surface area contributed by atoms with Crippen molar-refractivity contribution in [3.8, 4) is 0 Å². The number of aromatic nitrogens is 1. The molecule has 0 aliphatic heterocycles. The summed E-state index contributed by atoms with van der Waals surface area (Å²) in [6, 6.07) is 15.9. The lowest BCUT2D eigenvalue weighted by Crippen LogP contribution is -2.23. The summed E-state index contributed by atoms with van der Waals surface area (Å²) in [5.41, 5.74) is 5.61. The largest absolute Gasteiger partial charge is 0.478 e. The van der Waals surface area contributed by atoms with Crippen molar-refractivity contribution in [2.24, 2.45) is 5.41 Å². The summed E-state index contributed by atoms with van der Waals surface area (Å²) in [5.74, 6) is -0.859. The van der Waals surface area contributed by atoms with E-state index in [1.165, 1.54) is 22.2 Å². The third-order valence-corrected chi connectivity index (χ3v) is 5.46. The van der Waals surface area contributed by atoms with Gasteiger partial charge in [-0.15, -0.1) is 0 Å². The fourth-order valence-corrected chi connectivity index (χ4v) is 4.15. The number of hydrogen-bond acceptors (Lipinski definition) is 1. The molecule has 0 saturated heterocycles. The molecule has 0 spiro atoms. The number of carboxylic acids is 1. The van der Waals surface area contributed by atoms with Crippen LogP contribution in [0.15, 0.2) is 48.5 Å². The Balaban J connectivity index is 1.88. The number of hydrogen-bond donors (Lipinski definition) is 1. The topological polar surface area (TPSA) is 42.2 Å². The number of rotatable bonds is 3. The highest BCUT2D eigenvalue weighted by Gasteiger charge is 2.30. The molecule has 0 bridgehead atoms. The van der Waals surface area contributed by atoms with Crippen molar-refractivity contribution in [1.82, 2.24) is 4.57 Å². The molecule has 0 unspecified atom stereocenters. The van der Waals surface area contributed by atoms with E-state index in [2.05, 4.69) is 42.7 Å². The van der Waals surface area contributed by atoms with Gasteiger partial charge in [-0.05, 0) is 47.9 Å². The Morgan fingerprint density at radius 1 is 1.12 bits per heavy atom. The molecule has 25 heavy (non-hydrogen) atoms. The van der Waals surface area contributed by atoms with E-state index < -0.39 is 5.97 Å². The Morgan fingerprint density at radius 3 is 2.64 bits per heavy atom. The predicted octanol–water partition coefficient (Wildman–Crippen LogP) is 4.90. The van der Waals surface area contributed by atoms with E-state index in [1.807, 2.05) is 12.1 Å². The van der Waals surface area contributed by atoms with E-state index in [-0.39, 0.29) is 0 Å². The quantitative estimate of drug-likeness (QED) is 0.740. The molecule has 0 atom stereocenters. The molecule has 1 aliphatic carbocycles. The van der Waals surface area contributed by atoms with E-state index in [4.69, 9.17) is 0 Å². The molecule has 0 fully saturated rings. The molecular weight excluding hydrogens is 310 g/mol. The van der Waals surface area contributed by atoms with Crippen molar-refractivity contribution in [2.75, 3.05) is 0 Å². The molecule has 0 radical (unpaired) electrons. The molecule has 4 rings (SSSR count). The first-order valence-electron chi connectivity index (χ1n) is 8.86. The molecule has 2 aromatic carbocycles. The summed E-state index contributed by atoms with van der Waals surface area (Å²) < 4.78 is 2.34. The molecule has 0 saturated carbocycles. The standard InChI is InChI=1S/C22H23NO2/c1-22(2)12-11-20-18(13-22)17-9-5-6-10-19(17)23(20)14-15-7-3-4-8-16(15)21(24)25/h3-10H,11-14H2,1-2H3,(H,24,25). The van der Waals surface area contributed by atoms with E-state index >= 15 is 0 Å². The number of benzene rings is 2. The third-order valence-electron chi connectivity index (χ3n) is 5.46. The third kappa shape index (κ3) is 2.74. The van der Waals surface area contributed by atoms with Gasteiger partial charge in [0.2, 0.25) is 0 Å². The summed E-state index contributed by atoms with van der Waals surface area (Å²) in [7, 11) is 0. The average Bonchev–Trinajstić information content (AvgIpc) is 2.88. The maximum absolute atomic E-state index is 11.6. The highest BCUT2D eigenvalue weighted by molar-refractivity contribution is 5.90. The number of carboxylic acid groups (broad SMARTS) is 1. The first-order chi connectivity index (χ1) is 12.0. The van der Waals surface area contributed by atoms with Crippen LogP contribution in [-0.4, -0.2) is 15.6 Å². The van der Waals surface area contributed by atoms with Crippen LogP contribution >= 0.6 is 0 Å². The van der Waals surface area contributed by atoms with Gasteiger partial charge < -0.3 is 9.67 Å². The Kier molecular flexibility index (Phi) is 3.68. The highest BCUT2D eigenvalue weighted by atomic mass is 16.4. The zero-order valence-corrected chi connectivity index (χ0v) is 14.7. The molecule has 0 amide bonds. The van der Waals surface area contributed by atoms with Gasteiger partial charge >= 0.3 is 5.97 Å². The molecule has 3 nitrogen and oxygen atoms in total. The molecule has 128 valence electrons. The molecule has 1 aromatic heterocycles. The number of nitrogens with zero attached hydrogens (tertiary/aromatic N) is 1. The molecule has 1 heterocycles. The van der Waals surface area contributed by atoms with Gasteiger partial charge in [0, 0.05) is 23.1 Å². The summed E-state index contributed by atoms with van der Waals surface area (Å²) >= 11 is 0. The van der Waals surface area contributed by atoms with Crippen LogP contribution in [0.2, 0.25) is 0 Å². The minimum Gasteiger partial charge on any atom is -0.478 e. The fraction of sp³-hybridized carbons (Fsp3) is 0.318. The van der Waals surface area contributed by atoms with Crippen LogP contribution in [-0.2, 0) is 19.4 Å². The smallest absolute Gasteiger partial charge is 0.336 e. The number of fused-ring (bicyclic) bond motifs is 3. The number of aromatic carboxylic acids is 1. The molecule has 1 N–H and O–H groups in total.